The zero-order chi connectivity index (χ0) is 6.08. The van der Waals surface area contributed by atoms with Gasteiger partial charge in [-0.25, -0.2) is 0 Å². The second kappa shape index (κ2) is 3.13. The summed E-state index contributed by atoms with van der Waals surface area (Å²) in [5.74, 6) is -0.979. The van der Waals surface area contributed by atoms with Crippen LogP contribution in [-0.4, -0.2) is 16.6 Å². The first-order chi connectivity index (χ1) is 2.94. The second-order valence-corrected chi connectivity index (χ2v) is 2.03. The molecule has 0 radical (unpaired) electrons. The van der Waals surface area contributed by atoms with E-state index in [9.17, 15) is 4.79 Å². The van der Waals surface area contributed by atoms with Crippen LogP contribution in [0.25, 0.3) is 0 Å². The first-order valence-corrected chi connectivity index (χ1v) is 1.97. The Balaban J connectivity index is -0.000000180. The van der Waals surface area contributed by atoms with Crippen molar-refractivity contribution in [1.82, 2.24) is 0 Å². The van der Waals surface area contributed by atoms with Gasteiger partial charge in [-0.2, -0.15) is 0 Å². The molecule has 0 saturated heterocycles. The predicted molar refractivity (Wildman–Crippen MR) is 27.0 cm³/mol. The standard InChI is InChI=1S/C4H9NO2.Li.H/c1-4(2,5)3(6)7;;/h5H2,1-2H3,(H,6,7);;/q;+1;-1. The molecule has 0 atom stereocenters. The number of hydrogen-bond donors (Lipinski definition) is 2. The van der Waals surface area contributed by atoms with Crippen LogP contribution in [0.15, 0.2) is 0 Å². The van der Waals surface area contributed by atoms with Gasteiger partial charge in [0.2, 0.25) is 0 Å². The van der Waals surface area contributed by atoms with E-state index in [1.807, 2.05) is 0 Å². The normalized spacial score (nSPS) is 9.88. The summed E-state index contributed by atoms with van der Waals surface area (Å²) in [6.07, 6.45) is 0. The van der Waals surface area contributed by atoms with Crippen molar-refractivity contribution in [2.24, 2.45) is 5.73 Å². The molecule has 3 nitrogen and oxygen atoms in total. The second-order valence-electron chi connectivity index (χ2n) is 2.03. The molecule has 0 fully saturated rings. The number of aliphatic carboxylic acids is 1. The summed E-state index contributed by atoms with van der Waals surface area (Å²) in [5.41, 5.74) is 4.00. The van der Waals surface area contributed by atoms with Gasteiger partial charge in [0, 0.05) is 0 Å². The molecule has 0 spiro atoms. The van der Waals surface area contributed by atoms with Gasteiger partial charge in [0.25, 0.3) is 0 Å². The molecule has 8 heavy (non-hydrogen) atoms. The van der Waals surface area contributed by atoms with E-state index in [4.69, 9.17) is 10.8 Å². The molecule has 0 heterocycles. The number of hydrogen-bond acceptors (Lipinski definition) is 2. The van der Waals surface area contributed by atoms with Crippen molar-refractivity contribution in [3.8, 4) is 0 Å². The maximum absolute atomic E-state index is 9.90. The van der Waals surface area contributed by atoms with Crippen LogP contribution >= 0.6 is 0 Å². The van der Waals surface area contributed by atoms with Crippen LogP contribution in [0.3, 0.4) is 0 Å². The minimum atomic E-state index is -1.08. The summed E-state index contributed by atoms with van der Waals surface area (Å²) in [6, 6.07) is 0. The Bertz CT molecular complexity index is 91.1. The van der Waals surface area contributed by atoms with Crippen molar-refractivity contribution in [3.63, 3.8) is 0 Å². The van der Waals surface area contributed by atoms with Crippen molar-refractivity contribution < 1.29 is 30.2 Å². The molecule has 0 saturated carbocycles. The molecule has 0 bridgehead atoms. The number of nitrogens with two attached hydrogens (primary N) is 1. The first kappa shape index (κ1) is 10.9. The summed E-state index contributed by atoms with van der Waals surface area (Å²) in [7, 11) is 0. The maximum Gasteiger partial charge on any atom is 1.00 e. The molecule has 0 aliphatic heterocycles. The SMILES string of the molecule is CC(C)(N)C(=O)O.[H-].[Li+]. The first-order valence-electron chi connectivity index (χ1n) is 1.97. The van der Waals surface area contributed by atoms with Gasteiger partial charge < -0.3 is 12.3 Å². The fourth-order valence-corrected chi connectivity index (χ4v) is 0. The third-order valence-corrected chi connectivity index (χ3v) is 0.551. The molecule has 0 rings (SSSR count). The number of carbonyl (C=O) groups is 1. The van der Waals surface area contributed by atoms with E-state index in [1.165, 1.54) is 13.8 Å². The van der Waals surface area contributed by atoms with Gasteiger partial charge in [0.1, 0.15) is 5.54 Å². The maximum atomic E-state index is 9.90. The van der Waals surface area contributed by atoms with Crippen molar-refractivity contribution in [1.29, 1.82) is 0 Å². The van der Waals surface area contributed by atoms with E-state index in [-0.39, 0.29) is 20.3 Å². The Labute approximate surface area is 61.9 Å². The fraction of sp³-hybridized carbons (Fsp3) is 0.750. The van der Waals surface area contributed by atoms with Crippen LogP contribution in [0.1, 0.15) is 15.3 Å². The van der Waals surface area contributed by atoms with Gasteiger partial charge in [-0.3, -0.25) is 4.79 Å². The Kier molecular flexibility index (Phi) is 4.27. The molecule has 0 aliphatic carbocycles. The quantitative estimate of drug-likeness (QED) is 0.353. The Hall–Kier alpha value is 0.0274. The Morgan fingerprint density at radius 3 is 1.88 bits per heavy atom. The van der Waals surface area contributed by atoms with Gasteiger partial charge in [-0.1, -0.05) is 0 Å². The number of rotatable bonds is 1. The zero-order valence-electron chi connectivity index (χ0n) is 6.43. The van der Waals surface area contributed by atoms with Gasteiger partial charge >= 0.3 is 24.8 Å². The average Bonchev–Trinajstić information content (AvgIpc) is 1.31. The van der Waals surface area contributed by atoms with E-state index < -0.39 is 11.5 Å². The summed E-state index contributed by atoms with van der Waals surface area (Å²) in [5, 5.41) is 8.12. The van der Waals surface area contributed by atoms with E-state index >= 15 is 0 Å². The minimum absolute atomic E-state index is 0. The molecule has 44 valence electrons. The summed E-state index contributed by atoms with van der Waals surface area (Å²) in [6.45, 7) is 2.88. The molecule has 0 amide bonds. The summed E-state index contributed by atoms with van der Waals surface area (Å²) in [4.78, 5) is 9.90. The smallest absolute Gasteiger partial charge is 1.00 e. The predicted octanol–water partition coefficient (Wildman–Crippen LogP) is -3.08. The summed E-state index contributed by atoms with van der Waals surface area (Å²) >= 11 is 0. The van der Waals surface area contributed by atoms with Crippen molar-refractivity contribution in [2.45, 2.75) is 19.4 Å². The molecule has 0 aromatic carbocycles. The minimum Gasteiger partial charge on any atom is -1.00 e. The van der Waals surface area contributed by atoms with Crippen LogP contribution in [0.2, 0.25) is 0 Å². The van der Waals surface area contributed by atoms with E-state index in [1.54, 1.807) is 0 Å². The van der Waals surface area contributed by atoms with E-state index in [0.717, 1.165) is 0 Å². The number of carboxylic acids is 1. The van der Waals surface area contributed by atoms with E-state index in [2.05, 4.69) is 0 Å². The third kappa shape index (κ3) is 4.19. The molecule has 3 N–H and O–H groups in total. The van der Waals surface area contributed by atoms with Crippen LogP contribution < -0.4 is 24.6 Å². The van der Waals surface area contributed by atoms with E-state index in [0.29, 0.717) is 0 Å². The van der Waals surface area contributed by atoms with Crippen LogP contribution in [0.4, 0.5) is 0 Å². The topological polar surface area (TPSA) is 63.3 Å². The Morgan fingerprint density at radius 2 is 1.88 bits per heavy atom. The zero-order valence-corrected chi connectivity index (χ0v) is 5.43. The fourth-order valence-electron chi connectivity index (χ4n) is 0. The van der Waals surface area contributed by atoms with Crippen LogP contribution in [0, 0.1) is 0 Å². The van der Waals surface area contributed by atoms with Crippen LogP contribution in [0.5, 0.6) is 0 Å². The molecular formula is C4H10LiNO2. The van der Waals surface area contributed by atoms with Crippen molar-refractivity contribution >= 4 is 5.97 Å². The van der Waals surface area contributed by atoms with Crippen molar-refractivity contribution in [3.05, 3.63) is 0 Å². The molecule has 0 aromatic heterocycles. The van der Waals surface area contributed by atoms with Crippen molar-refractivity contribution in [2.75, 3.05) is 0 Å². The average molecular weight is 111 g/mol. The Morgan fingerprint density at radius 1 is 1.75 bits per heavy atom. The largest absolute Gasteiger partial charge is 1.00 e. The van der Waals surface area contributed by atoms with Gasteiger partial charge in [0.05, 0.1) is 0 Å². The molecule has 0 aliphatic rings. The summed E-state index contributed by atoms with van der Waals surface area (Å²) < 4.78 is 0. The molecular weight excluding hydrogens is 101 g/mol. The molecule has 0 unspecified atom stereocenters. The monoisotopic (exact) mass is 111 g/mol. The third-order valence-electron chi connectivity index (χ3n) is 0.551. The van der Waals surface area contributed by atoms with Crippen LogP contribution in [-0.2, 0) is 4.79 Å². The molecule has 0 aromatic rings. The number of carboxylic acid groups (broad SMARTS) is 1. The van der Waals surface area contributed by atoms with Gasteiger partial charge in [-0.05, 0) is 13.8 Å². The van der Waals surface area contributed by atoms with Gasteiger partial charge in [-0.15, -0.1) is 0 Å². The molecule has 4 heteroatoms. The van der Waals surface area contributed by atoms with Gasteiger partial charge in [0.15, 0.2) is 0 Å².